The van der Waals surface area contributed by atoms with Crippen LogP contribution in [0.3, 0.4) is 0 Å². The molecule has 2 aromatic heterocycles. The van der Waals surface area contributed by atoms with E-state index in [-0.39, 0.29) is 5.91 Å². The fourth-order valence-electron chi connectivity index (χ4n) is 2.98. The molecule has 4 rings (SSSR count). The number of ether oxygens (including phenoxy) is 1. The molecule has 0 unspecified atom stereocenters. The van der Waals surface area contributed by atoms with E-state index < -0.39 is 0 Å². The summed E-state index contributed by atoms with van der Waals surface area (Å²) in [5, 5.41) is 0. The molecule has 3 aromatic rings. The summed E-state index contributed by atoms with van der Waals surface area (Å²) in [5.74, 6) is 0.849. The van der Waals surface area contributed by atoms with Crippen LogP contribution in [0.25, 0.3) is 15.4 Å². The van der Waals surface area contributed by atoms with Crippen LogP contribution in [0.2, 0.25) is 0 Å². The van der Waals surface area contributed by atoms with Gasteiger partial charge in [0.05, 0.1) is 12.0 Å². The minimum atomic E-state index is 0.0203. The van der Waals surface area contributed by atoms with Gasteiger partial charge in [-0.2, -0.15) is 0 Å². The highest BCUT2D eigenvalue weighted by Gasteiger charge is 2.23. The third kappa shape index (κ3) is 3.12. The maximum atomic E-state index is 12.6. The Labute approximate surface area is 150 Å². The lowest BCUT2D eigenvalue weighted by Crippen LogP contribution is -2.47. The second kappa shape index (κ2) is 6.50. The Bertz CT molecular complexity index is 877. The van der Waals surface area contributed by atoms with Crippen molar-refractivity contribution >= 4 is 22.2 Å². The molecule has 6 nitrogen and oxygen atoms in total. The van der Waals surface area contributed by atoms with Crippen molar-refractivity contribution in [2.24, 2.45) is 0 Å². The first-order chi connectivity index (χ1) is 12.1. The monoisotopic (exact) mass is 356 g/mol. The van der Waals surface area contributed by atoms with Crippen LogP contribution in [0.1, 0.15) is 10.5 Å². The lowest BCUT2D eigenvalue weighted by atomic mass is 10.2. The Morgan fingerprint density at radius 2 is 2.00 bits per heavy atom. The third-order valence-electron chi connectivity index (χ3n) is 4.52. The summed E-state index contributed by atoms with van der Waals surface area (Å²) in [4.78, 5) is 23.2. The number of methoxy groups -OCH3 is 1. The first-order valence-electron chi connectivity index (χ1n) is 8.25. The van der Waals surface area contributed by atoms with E-state index in [1.54, 1.807) is 18.4 Å². The van der Waals surface area contributed by atoms with E-state index in [1.165, 1.54) is 0 Å². The highest BCUT2D eigenvalue weighted by molar-refractivity contribution is 7.20. The van der Waals surface area contributed by atoms with Gasteiger partial charge in [0, 0.05) is 38.6 Å². The van der Waals surface area contributed by atoms with E-state index >= 15 is 0 Å². The summed E-state index contributed by atoms with van der Waals surface area (Å²) in [6, 6.07) is 7.94. The zero-order valence-electron chi connectivity index (χ0n) is 14.3. The zero-order chi connectivity index (χ0) is 17.4. The molecule has 1 aromatic carbocycles. The van der Waals surface area contributed by atoms with Crippen LogP contribution < -0.4 is 4.74 Å². The van der Waals surface area contributed by atoms with Crippen molar-refractivity contribution in [3.63, 3.8) is 0 Å². The van der Waals surface area contributed by atoms with Crippen LogP contribution in [-0.4, -0.2) is 65.4 Å². The van der Waals surface area contributed by atoms with E-state index in [2.05, 4.69) is 16.9 Å². The molecule has 0 N–H and O–H groups in total. The standard InChI is InChI=1S/C18H20N4O2S/c1-20-6-8-21(9-7-20)17(23)15-11-22-12-16(25-18(22)19-15)13-4-3-5-14(10-13)24-2/h3-5,10-12H,6-9H2,1-2H3. The van der Waals surface area contributed by atoms with Crippen LogP contribution >= 0.6 is 11.3 Å². The molecule has 1 saturated heterocycles. The number of piperazine rings is 1. The molecule has 0 aliphatic carbocycles. The fourth-order valence-corrected chi connectivity index (χ4v) is 3.94. The number of aromatic nitrogens is 2. The van der Waals surface area contributed by atoms with Crippen LogP contribution in [0, 0.1) is 0 Å². The molecule has 7 heteroatoms. The van der Waals surface area contributed by atoms with Gasteiger partial charge in [0.15, 0.2) is 4.96 Å². The number of hydrogen-bond acceptors (Lipinski definition) is 5. The highest BCUT2D eigenvalue weighted by Crippen LogP contribution is 2.30. The maximum absolute atomic E-state index is 12.6. The Hall–Kier alpha value is -2.38. The van der Waals surface area contributed by atoms with Crippen molar-refractivity contribution in [1.82, 2.24) is 19.2 Å². The Balaban J connectivity index is 1.58. The van der Waals surface area contributed by atoms with Crippen molar-refractivity contribution < 1.29 is 9.53 Å². The van der Waals surface area contributed by atoms with Gasteiger partial charge in [-0.15, -0.1) is 0 Å². The second-order valence-corrected chi connectivity index (χ2v) is 7.25. The summed E-state index contributed by atoms with van der Waals surface area (Å²) < 4.78 is 7.22. The molecule has 0 atom stereocenters. The molecule has 0 radical (unpaired) electrons. The number of likely N-dealkylation sites (N-methyl/N-ethyl adjacent to an activating group) is 1. The molecule has 0 saturated carbocycles. The summed E-state index contributed by atoms with van der Waals surface area (Å²) in [5.41, 5.74) is 1.61. The van der Waals surface area contributed by atoms with Gasteiger partial charge in [0.1, 0.15) is 11.4 Å². The molecule has 0 spiro atoms. The normalized spacial score (nSPS) is 15.7. The minimum Gasteiger partial charge on any atom is -0.497 e. The number of fused-ring (bicyclic) bond motifs is 1. The van der Waals surface area contributed by atoms with Gasteiger partial charge in [-0.25, -0.2) is 4.98 Å². The molecule has 25 heavy (non-hydrogen) atoms. The first kappa shape index (κ1) is 16.1. The van der Waals surface area contributed by atoms with Gasteiger partial charge in [-0.05, 0) is 24.7 Å². The largest absolute Gasteiger partial charge is 0.497 e. The van der Waals surface area contributed by atoms with Crippen molar-refractivity contribution in [2.75, 3.05) is 40.3 Å². The SMILES string of the molecule is COc1cccc(-c2cn3cc(C(=O)N4CCN(C)CC4)nc3s2)c1. The molecule has 0 bridgehead atoms. The van der Waals surface area contributed by atoms with Gasteiger partial charge >= 0.3 is 0 Å². The van der Waals surface area contributed by atoms with E-state index in [1.807, 2.05) is 46.0 Å². The number of carbonyl (C=O) groups excluding carboxylic acids is 1. The number of rotatable bonds is 3. The fraction of sp³-hybridized carbons (Fsp3) is 0.333. The van der Waals surface area contributed by atoms with Crippen molar-refractivity contribution in [2.45, 2.75) is 0 Å². The van der Waals surface area contributed by atoms with Crippen LogP contribution in [0.5, 0.6) is 5.75 Å². The zero-order valence-corrected chi connectivity index (χ0v) is 15.1. The molecule has 1 aliphatic heterocycles. The maximum Gasteiger partial charge on any atom is 0.274 e. The van der Waals surface area contributed by atoms with Gasteiger partial charge < -0.3 is 14.5 Å². The molecule has 1 fully saturated rings. The number of imidazole rings is 1. The van der Waals surface area contributed by atoms with E-state index in [0.717, 1.165) is 47.3 Å². The van der Waals surface area contributed by atoms with E-state index in [0.29, 0.717) is 5.69 Å². The van der Waals surface area contributed by atoms with Crippen LogP contribution in [-0.2, 0) is 0 Å². The highest BCUT2D eigenvalue weighted by atomic mass is 32.1. The Morgan fingerprint density at radius 3 is 2.72 bits per heavy atom. The summed E-state index contributed by atoms with van der Waals surface area (Å²) in [6.07, 6.45) is 3.85. The molecular weight excluding hydrogens is 336 g/mol. The number of thiazole rings is 1. The van der Waals surface area contributed by atoms with Crippen molar-refractivity contribution in [3.8, 4) is 16.2 Å². The third-order valence-corrected chi connectivity index (χ3v) is 5.57. The van der Waals surface area contributed by atoms with E-state index in [9.17, 15) is 4.79 Å². The number of benzene rings is 1. The molecule has 1 amide bonds. The van der Waals surface area contributed by atoms with E-state index in [4.69, 9.17) is 4.74 Å². The van der Waals surface area contributed by atoms with Crippen LogP contribution in [0.4, 0.5) is 0 Å². The quantitative estimate of drug-likeness (QED) is 0.723. The average molecular weight is 356 g/mol. The average Bonchev–Trinajstić information content (AvgIpc) is 3.21. The number of amides is 1. The smallest absolute Gasteiger partial charge is 0.274 e. The first-order valence-corrected chi connectivity index (χ1v) is 9.06. The summed E-state index contributed by atoms with van der Waals surface area (Å²) >= 11 is 1.57. The number of carbonyl (C=O) groups is 1. The molecule has 1 aliphatic rings. The Morgan fingerprint density at radius 1 is 1.20 bits per heavy atom. The van der Waals surface area contributed by atoms with Gasteiger partial charge in [-0.3, -0.25) is 9.20 Å². The second-order valence-electron chi connectivity index (χ2n) is 6.24. The predicted octanol–water partition coefficient (Wildman–Crippen LogP) is 2.46. The van der Waals surface area contributed by atoms with Gasteiger partial charge in [0.25, 0.3) is 5.91 Å². The molecule has 130 valence electrons. The Kier molecular flexibility index (Phi) is 4.19. The van der Waals surface area contributed by atoms with Crippen LogP contribution in [0.15, 0.2) is 36.7 Å². The van der Waals surface area contributed by atoms with Gasteiger partial charge in [-0.1, -0.05) is 23.5 Å². The number of hydrogen-bond donors (Lipinski definition) is 0. The molecular formula is C18H20N4O2S. The summed E-state index contributed by atoms with van der Waals surface area (Å²) in [7, 11) is 3.74. The lowest BCUT2D eigenvalue weighted by molar-refractivity contribution is 0.0659. The number of nitrogens with zero attached hydrogens (tertiary/aromatic N) is 4. The van der Waals surface area contributed by atoms with Crippen molar-refractivity contribution in [1.29, 1.82) is 0 Å². The van der Waals surface area contributed by atoms with Gasteiger partial charge in [0.2, 0.25) is 0 Å². The minimum absolute atomic E-state index is 0.0203. The summed E-state index contributed by atoms with van der Waals surface area (Å²) in [6.45, 7) is 3.34. The topological polar surface area (TPSA) is 50.1 Å². The lowest BCUT2D eigenvalue weighted by Gasteiger charge is -2.31. The predicted molar refractivity (Wildman–Crippen MR) is 98.5 cm³/mol. The molecule has 3 heterocycles. The van der Waals surface area contributed by atoms with Crippen molar-refractivity contribution in [3.05, 3.63) is 42.4 Å².